The van der Waals surface area contributed by atoms with E-state index in [-0.39, 0.29) is 11.5 Å². The molecule has 0 atom stereocenters. The molecule has 0 aromatic heterocycles. The van der Waals surface area contributed by atoms with Crippen molar-refractivity contribution in [1.29, 1.82) is 0 Å². The Bertz CT molecular complexity index is 642. The molecule has 0 saturated carbocycles. The molecule has 2 aromatic carbocycles. The van der Waals surface area contributed by atoms with Crippen molar-refractivity contribution in [1.82, 2.24) is 4.90 Å². The van der Waals surface area contributed by atoms with Crippen LogP contribution in [0.5, 0.6) is 11.5 Å². The molecule has 0 radical (unpaired) electrons. The Hall–Kier alpha value is -1.42. The van der Waals surface area contributed by atoms with Crippen molar-refractivity contribution >= 4 is 23.2 Å². The molecular weight excluding hydrogens is 321 g/mol. The van der Waals surface area contributed by atoms with Crippen LogP contribution in [-0.4, -0.2) is 22.2 Å². The first-order valence-electron chi connectivity index (χ1n) is 6.92. The van der Waals surface area contributed by atoms with Crippen LogP contribution in [0.4, 0.5) is 0 Å². The predicted molar refractivity (Wildman–Crippen MR) is 90.9 cm³/mol. The van der Waals surface area contributed by atoms with Gasteiger partial charge in [0, 0.05) is 34.3 Å². The van der Waals surface area contributed by atoms with Crippen molar-refractivity contribution in [2.45, 2.75) is 26.9 Å². The van der Waals surface area contributed by atoms with Gasteiger partial charge in [-0.1, -0.05) is 23.2 Å². The normalized spacial score (nSPS) is 11.2. The first-order chi connectivity index (χ1) is 10.3. The lowest BCUT2D eigenvalue weighted by Crippen LogP contribution is -2.17. The van der Waals surface area contributed by atoms with Gasteiger partial charge in [0.05, 0.1) is 0 Å². The van der Waals surface area contributed by atoms with Crippen molar-refractivity contribution in [2.24, 2.45) is 0 Å². The quantitative estimate of drug-likeness (QED) is 0.851. The van der Waals surface area contributed by atoms with E-state index in [4.69, 9.17) is 23.2 Å². The lowest BCUT2D eigenvalue weighted by Gasteiger charge is -2.20. The van der Waals surface area contributed by atoms with Crippen LogP contribution in [0.15, 0.2) is 24.3 Å². The highest BCUT2D eigenvalue weighted by molar-refractivity contribution is 6.31. The van der Waals surface area contributed by atoms with Crippen LogP contribution in [0.1, 0.15) is 22.3 Å². The Balaban J connectivity index is 2.19. The third-order valence-corrected chi connectivity index (χ3v) is 4.01. The van der Waals surface area contributed by atoms with Crippen molar-refractivity contribution < 1.29 is 10.2 Å². The van der Waals surface area contributed by atoms with Gasteiger partial charge in [0.2, 0.25) is 0 Å². The minimum Gasteiger partial charge on any atom is -0.507 e. The largest absolute Gasteiger partial charge is 0.507 e. The molecule has 2 rings (SSSR count). The molecule has 3 nitrogen and oxygen atoms in total. The summed E-state index contributed by atoms with van der Waals surface area (Å²) in [5.41, 5.74) is 3.01. The maximum absolute atomic E-state index is 10.1. The maximum atomic E-state index is 10.1. The lowest BCUT2D eigenvalue weighted by atomic mass is 10.1. The number of benzene rings is 2. The fourth-order valence-electron chi connectivity index (χ4n) is 2.49. The Kier molecular flexibility index (Phi) is 5.22. The lowest BCUT2D eigenvalue weighted by molar-refractivity contribution is 0.306. The Morgan fingerprint density at radius 1 is 0.818 bits per heavy atom. The molecule has 0 fully saturated rings. The van der Waals surface area contributed by atoms with Crippen molar-refractivity contribution in [3.8, 4) is 11.5 Å². The molecule has 0 heterocycles. The zero-order valence-electron chi connectivity index (χ0n) is 12.8. The Morgan fingerprint density at radius 2 is 1.18 bits per heavy atom. The van der Waals surface area contributed by atoms with E-state index in [1.165, 1.54) is 0 Å². The van der Waals surface area contributed by atoms with Crippen molar-refractivity contribution in [3.05, 3.63) is 56.6 Å². The van der Waals surface area contributed by atoms with Gasteiger partial charge in [-0.3, -0.25) is 4.90 Å². The first kappa shape index (κ1) is 16.9. The second-order valence-corrected chi connectivity index (χ2v) is 6.51. The van der Waals surface area contributed by atoms with E-state index in [9.17, 15) is 10.2 Å². The van der Waals surface area contributed by atoms with E-state index in [1.807, 2.05) is 25.8 Å². The minimum absolute atomic E-state index is 0.253. The number of halogens is 2. The summed E-state index contributed by atoms with van der Waals surface area (Å²) in [7, 11) is 1.91. The molecule has 5 heteroatoms. The number of hydrogen-bond donors (Lipinski definition) is 2. The number of phenols is 2. The van der Waals surface area contributed by atoms with Gasteiger partial charge in [-0.15, -0.1) is 0 Å². The summed E-state index contributed by atoms with van der Waals surface area (Å²) in [6.45, 7) is 4.66. The molecule has 0 aliphatic rings. The number of rotatable bonds is 4. The number of nitrogens with zero attached hydrogens (tertiary/aromatic N) is 1. The van der Waals surface area contributed by atoms with Gasteiger partial charge in [-0.25, -0.2) is 0 Å². The molecular formula is C17H19Cl2NO2. The highest BCUT2D eigenvalue weighted by Gasteiger charge is 2.12. The zero-order chi connectivity index (χ0) is 16.4. The molecule has 0 saturated heterocycles. The van der Waals surface area contributed by atoms with Crippen LogP contribution in [0.25, 0.3) is 0 Å². The minimum atomic E-state index is 0.253. The van der Waals surface area contributed by atoms with Gasteiger partial charge in [0.25, 0.3) is 0 Å². The molecule has 0 amide bonds. The number of phenolic OH excluding ortho intramolecular Hbond substituents is 2. The second-order valence-electron chi connectivity index (χ2n) is 5.63. The number of hydrogen-bond acceptors (Lipinski definition) is 3. The summed E-state index contributed by atoms with van der Waals surface area (Å²) in [6.07, 6.45) is 0. The summed E-state index contributed by atoms with van der Waals surface area (Å²) in [4.78, 5) is 1.98. The van der Waals surface area contributed by atoms with E-state index < -0.39 is 0 Å². The van der Waals surface area contributed by atoms with Crippen LogP contribution < -0.4 is 0 Å². The standard InChI is InChI=1S/C17H19Cl2NO2/c1-10-4-14(18)6-12(16(10)21)8-20(3)9-13-7-15(19)5-11(2)17(13)22/h4-7,21-22H,8-9H2,1-3H3. The number of aromatic hydroxyl groups is 2. The molecule has 0 bridgehead atoms. The highest BCUT2D eigenvalue weighted by Crippen LogP contribution is 2.30. The molecule has 0 unspecified atom stereocenters. The first-order valence-corrected chi connectivity index (χ1v) is 7.68. The molecule has 0 aliphatic heterocycles. The molecule has 0 aliphatic carbocycles. The van der Waals surface area contributed by atoms with Crippen LogP contribution in [0, 0.1) is 13.8 Å². The summed E-state index contributed by atoms with van der Waals surface area (Å²) in [5.74, 6) is 0.505. The van der Waals surface area contributed by atoms with Gasteiger partial charge in [0.1, 0.15) is 11.5 Å². The molecule has 2 N–H and O–H groups in total. The topological polar surface area (TPSA) is 43.7 Å². The van der Waals surface area contributed by atoms with E-state index >= 15 is 0 Å². The van der Waals surface area contributed by atoms with Crippen molar-refractivity contribution in [2.75, 3.05) is 7.05 Å². The van der Waals surface area contributed by atoms with E-state index in [1.54, 1.807) is 24.3 Å². The van der Waals surface area contributed by atoms with Gasteiger partial charge < -0.3 is 10.2 Å². The monoisotopic (exact) mass is 339 g/mol. The second kappa shape index (κ2) is 6.78. The third kappa shape index (κ3) is 3.86. The van der Waals surface area contributed by atoms with Gasteiger partial charge in [0.15, 0.2) is 0 Å². The Labute approximate surface area is 140 Å². The smallest absolute Gasteiger partial charge is 0.123 e. The average Bonchev–Trinajstić information content (AvgIpc) is 2.41. The SMILES string of the molecule is Cc1cc(Cl)cc(CN(C)Cc2cc(Cl)cc(C)c2O)c1O. The van der Waals surface area contributed by atoms with Crippen LogP contribution >= 0.6 is 23.2 Å². The predicted octanol–water partition coefficient (Wildman–Crippen LogP) is 4.65. The summed E-state index contributed by atoms with van der Waals surface area (Å²) < 4.78 is 0. The van der Waals surface area contributed by atoms with Crippen LogP contribution in [0.3, 0.4) is 0 Å². The fraction of sp³-hybridized carbons (Fsp3) is 0.294. The molecule has 118 valence electrons. The van der Waals surface area contributed by atoms with Crippen LogP contribution in [0.2, 0.25) is 10.0 Å². The van der Waals surface area contributed by atoms with Crippen molar-refractivity contribution in [3.63, 3.8) is 0 Å². The average molecular weight is 340 g/mol. The summed E-state index contributed by atoms with van der Waals surface area (Å²) in [6, 6.07) is 6.96. The number of aryl methyl sites for hydroxylation is 2. The molecule has 2 aromatic rings. The molecule has 0 spiro atoms. The van der Waals surface area contributed by atoms with Gasteiger partial charge in [-0.05, 0) is 56.3 Å². The highest BCUT2D eigenvalue weighted by atomic mass is 35.5. The summed E-state index contributed by atoms with van der Waals surface area (Å²) in [5, 5.41) is 21.4. The van der Waals surface area contributed by atoms with E-state index in [2.05, 4.69) is 0 Å². The van der Waals surface area contributed by atoms with E-state index in [0.29, 0.717) is 23.1 Å². The van der Waals surface area contributed by atoms with Crippen LogP contribution in [-0.2, 0) is 13.1 Å². The zero-order valence-corrected chi connectivity index (χ0v) is 14.3. The summed E-state index contributed by atoms with van der Waals surface area (Å²) >= 11 is 12.1. The van der Waals surface area contributed by atoms with E-state index in [0.717, 1.165) is 22.3 Å². The van der Waals surface area contributed by atoms with Gasteiger partial charge in [-0.2, -0.15) is 0 Å². The third-order valence-electron chi connectivity index (χ3n) is 3.57. The maximum Gasteiger partial charge on any atom is 0.123 e. The Morgan fingerprint density at radius 3 is 1.55 bits per heavy atom. The fourth-order valence-corrected chi connectivity index (χ4v) is 3.08. The van der Waals surface area contributed by atoms with Gasteiger partial charge >= 0.3 is 0 Å². The molecule has 22 heavy (non-hydrogen) atoms.